The van der Waals surface area contributed by atoms with Crippen molar-refractivity contribution in [2.75, 3.05) is 31.2 Å². The Morgan fingerprint density at radius 2 is 2.35 bits per heavy atom. The van der Waals surface area contributed by atoms with Crippen LogP contribution in [0.4, 0.5) is 0 Å². The molecule has 0 amide bonds. The molecule has 0 radical (unpaired) electrons. The van der Waals surface area contributed by atoms with Crippen LogP contribution >= 0.6 is 11.8 Å². The van der Waals surface area contributed by atoms with Crippen LogP contribution in [0.2, 0.25) is 0 Å². The van der Waals surface area contributed by atoms with Crippen molar-refractivity contribution in [1.29, 1.82) is 0 Å². The number of rotatable bonds is 10. The van der Waals surface area contributed by atoms with Crippen LogP contribution in [0.25, 0.3) is 0 Å². The lowest BCUT2D eigenvalue weighted by molar-refractivity contribution is 0.107. The van der Waals surface area contributed by atoms with Gasteiger partial charge in [-0.1, -0.05) is 25.0 Å². The molecule has 0 heterocycles. The maximum Gasteiger partial charge on any atom is 0.119 e. The molecule has 1 unspecified atom stereocenters. The Bertz CT molecular complexity index is 417. The lowest BCUT2D eigenvalue weighted by Crippen LogP contribution is -2.32. The zero-order valence-corrected chi connectivity index (χ0v) is 12.8. The predicted octanol–water partition coefficient (Wildman–Crippen LogP) is 1.94. The summed E-state index contributed by atoms with van der Waals surface area (Å²) in [5.41, 5.74) is 1.24. The van der Waals surface area contributed by atoms with E-state index in [1.807, 2.05) is 18.2 Å². The largest absolute Gasteiger partial charge is 0.491 e. The van der Waals surface area contributed by atoms with Crippen LogP contribution in [0.3, 0.4) is 0 Å². The van der Waals surface area contributed by atoms with Crippen molar-refractivity contribution in [1.82, 2.24) is 5.32 Å². The van der Waals surface area contributed by atoms with Crippen molar-refractivity contribution in [3.8, 4) is 18.1 Å². The van der Waals surface area contributed by atoms with E-state index in [1.165, 1.54) is 5.56 Å². The van der Waals surface area contributed by atoms with Gasteiger partial charge in [-0.3, -0.25) is 0 Å². The number of hydrogen-bond acceptors (Lipinski definition) is 4. The van der Waals surface area contributed by atoms with Gasteiger partial charge in [0.15, 0.2) is 0 Å². The van der Waals surface area contributed by atoms with Gasteiger partial charge in [-0.15, -0.1) is 18.2 Å². The summed E-state index contributed by atoms with van der Waals surface area (Å²) in [4.78, 5) is 0. The molecule has 0 saturated heterocycles. The molecule has 0 aromatic heterocycles. The monoisotopic (exact) mass is 293 g/mol. The number of ether oxygens (including phenoxy) is 1. The maximum absolute atomic E-state index is 9.81. The third-order valence-electron chi connectivity index (χ3n) is 2.74. The molecule has 3 nitrogen and oxygen atoms in total. The molecular formula is C16H23NO2S. The molecule has 1 atom stereocenters. The fourth-order valence-electron chi connectivity index (χ4n) is 1.65. The second-order valence-corrected chi connectivity index (χ2v) is 5.53. The van der Waals surface area contributed by atoms with Gasteiger partial charge in [0.25, 0.3) is 0 Å². The number of aliphatic hydroxyl groups is 1. The van der Waals surface area contributed by atoms with E-state index in [9.17, 15) is 5.11 Å². The van der Waals surface area contributed by atoms with Gasteiger partial charge in [0.05, 0.1) is 5.75 Å². The molecule has 0 aliphatic rings. The Balaban J connectivity index is 2.13. The van der Waals surface area contributed by atoms with Crippen molar-refractivity contribution in [2.45, 2.75) is 19.4 Å². The molecule has 20 heavy (non-hydrogen) atoms. The van der Waals surface area contributed by atoms with Crippen molar-refractivity contribution >= 4 is 11.8 Å². The first-order valence-electron chi connectivity index (χ1n) is 6.88. The molecule has 1 rings (SSSR count). The third kappa shape index (κ3) is 7.44. The molecule has 4 heteroatoms. The fourth-order valence-corrected chi connectivity index (χ4v) is 2.20. The average molecular weight is 293 g/mol. The summed E-state index contributed by atoms with van der Waals surface area (Å²) in [5.74, 6) is 5.09. The molecular weight excluding hydrogens is 270 g/mol. The van der Waals surface area contributed by atoms with Crippen LogP contribution < -0.4 is 10.1 Å². The number of aryl methyl sites for hydroxylation is 1. The predicted molar refractivity (Wildman–Crippen MR) is 86.3 cm³/mol. The SMILES string of the molecule is C#CCSCCNCC(O)COc1cccc(CC)c1. The van der Waals surface area contributed by atoms with E-state index < -0.39 is 6.10 Å². The lowest BCUT2D eigenvalue weighted by atomic mass is 10.2. The van der Waals surface area contributed by atoms with Crippen molar-refractivity contribution in [3.63, 3.8) is 0 Å². The number of terminal acetylenes is 1. The van der Waals surface area contributed by atoms with Gasteiger partial charge in [-0.2, -0.15) is 0 Å². The maximum atomic E-state index is 9.81. The van der Waals surface area contributed by atoms with E-state index in [2.05, 4.69) is 24.2 Å². The lowest BCUT2D eigenvalue weighted by Gasteiger charge is -2.13. The smallest absolute Gasteiger partial charge is 0.119 e. The topological polar surface area (TPSA) is 41.5 Å². The summed E-state index contributed by atoms with van der Waals surface area (Å²) in [6.45, 7) is 3.78. The number of benzene rings is 1. The first kappa shape index (κ1) is 16.9. The van der Waals surface area contributed by atoms with E-state index in [-0.39, 0.29) is 0 Å². The summed E-state index contributed by atoms with van der Waals surface area (Å²) >= 11 is 1.71. The van der Waals surface area contributed by atoms with Crippen LogP contribution in [-0.2, 0) is 6.42 Å². The van der Waals surface area contributed by atoms with E-state index >= 15 is 0 Å². The Kier molecular flexibility index (Phi) is 8.97. The number of aliphatic hydroxyl groups excluding tert-OH is 1. The van der Waals surface area contributed by atoms with E-state index in [0.717, 1.165) is 30.2 Å². The normalized spacial score (nSPS) is 11.8. The van der Waals surface area contributed by atoms with E-state index in [1.54, 1.807) is 11.8 Å². The first-order valence-corrected chi connectivity index (χ1v) is 8.03. The van der Waals surface area contributed by atoms with E-state index in [0.29, 0.717) is 13.2 Å². The summed E-state index contributed by atoms with van der Waals surface area (Å²) in [5, 5.41) is 13.0. The number of hydrogen-bond donors (Lipinski definition) is 2. The molecule has 0 aliphatic heterocycles. The van der Waals surface area contributed by atoms with Gasteiger partial charge in [0.1, 0.15) is 18.5 Å². The fraction of sp³-hybridized carbons (Fsp3) is 0.500. The highest BCUT2D eigenvalue weighted by Gasteiger charge is 2.05. The van der Waals surface area contributed by atoms with E-state index in [4.69, 9.17) is 11.2 Å². The quantitative estimate of drug-likeness (QED) is 0.511. The standard InChI is InChI=1S/C16H23NO2S/c1-3-9-20-10-8-17-12-15(18)13-19-16-7-5-6-14(4-2)11-16/h1,5-7,11,15,17-18H,4,8-10,12-13H2,2H3. The summed E-state index contributed by atoms with van der Waals surface area (Å²) in [6.07, 6.45) is 5.64. The zero-order valence-electron chi connectivity index (χ0n) is 12.0. The first-order chi connectivity index (χ1) is 9.76. The van der Waals surface area contributed by atoms with Crippen LogP contribution in [0, 0.1) is 12.3 Å². The van der Waals surface area contributed by atoms with Crippen LogP contribution in [0.15, 0.2) is 24.3 Å². The van der Waals surface area contributed by atoms with Crippen molar-refractivity contribution in [2.24, 2.45) is 0 Å². The second kappa shape index (κ2) is 10.6. The Hall–Kier alpha value is -1.15. The Morgan fingerprint density at radius 3 is 3.10 bits per heavy atom. The highest BCUT2D eigenvalue weighted by Crippen LogP contribution is 2.13. The van der Waals surface area contributed by atoms with Gasteiger partial charge in [-0.25, -0.2) is 0 Å². The number of thioether (sulfide) groups is 1. The average Bonchev–Trinajstić information content (AvgIpc) is 2.49. The number of nitrogens with one attached hydrogen (secondary N) is 1. The molecule has 1 aromatic rings. The second-order valence-electron chi connectivity index (χ2n) is 4.43. The molecule has 0 aliphatic carbocycles. The van der Waals surface area contributed by atoms with Crippen LogP contribution in [0.5, 0.6) is 5.75 Å². The highest BCUT2D eigenvalue weighted by molar-refractivity contribution is 7.99. The Morgan fingerprint density at radius 1 is 1.50 bits per heavy atom. The highest BCUT2D eigenvalue weighted by atomic mass is 32.2. The van der Waals surface area contributed by atoms with Crippen molar-refractivity contribution < 1.29 is 9.84 Å². The minimum atomic E-state index is -0.502. The minimum absolute atomic E-state index is 0.303. The van der Waals surface area contributed by atoms with Gasteiger partial charge in [-0.05, 0) is 24.1 Å². The van der Waals surface area contributed by atoms with Crippen molar-refractivity contribution in [3.05, 3.63) is 29.8 Å². The summed E-state index contributed by atoms with van der Waals surface area (Å²) < 4.78 is 5.58. The molecule has 0 fully saturated rings. The molecule has 110 valence electrons. The van der Waals surface area contributed by atoms with Gasteiger partial charge in [0.2, 0.25) is 0 Å². The minimum Gasteiger partial charge on any atom is -0.491 e. The van der Waals surface area contributed by atoms with Gasteiger partial charge >= 0.3 is 0 Å². The summed E-state index contributed by atoms with van der Waals surface area (Å²) in [6, 6.07) is 7.96. The molecule has 0 bridgehead atoms. The molecule has 0 spiro atoms. The molecule has 0 saturated carbocycles. The molecule has 1 aromatic carbocycles. The Labute approximate surface area is 126 Å². The third-order valence-corrected chi connectivity index (χ3v) is 3.60. The molecule has 2 N–H and O–H groups in total. The van der Waals surface area contributed by atoms with Crippen LogP contribution in [-0.4, -0.2) is 42.4 Å². The zero-order chi connectivity index (χ0) is 14.6. The summed E-state index contributed by atoms with van der Waals surface area (Å²) in [7, 11) is 0. The van der Waals surface area contributed by atoms with Gasteiger partial charge in [0, 0.05) is 18.8 Å². The van der Waals surface area contributed by atoms with Gasteiger partial charge < -0.3 is 15.2 Å². The van der Waals surface area contributed by atoms with Crippen LogP contribution in [0.1, 0.15) is 12.5 Å².